The number of ether oxygens (including phenoxy) is 1. The maximum Gasteiger partial charge on any atom is 0.236 e. The number of methoxy groups -OCH3 is 1. The van der Waals surface area contributed by atoms with E-state index < -0.39 is 0 Å². The highest BCUT2D eigenvalue weighted by atomic mass is 79.9. The van der Waals surface area contributed by atoms with E-state index in [9.17, 15) is 4.79 Å². The fraction of sp³-hybridized carbons (Fsp3) is 0.533. The van der Waals surface area contributed by atoms with E-state index in [2.05, 4.69) is 21.2 Å². The lowest BCUT2D eigenvalue weighted by molar-refractivity contribution is -0.132. The third-order valence-electron chi connectivity index (χ3n) is 3.56. The van der Waals surface area contributed by atoms with Crippen molar-refractivity contribution in [2.45, 2.75) is 6.54 Å². The van der Waals surface area contributed by atoms with Crippen LogP contribution >= 0.6 is 28.3 Å². The van der Waals surface area contributed by atoms with Crippen LogP contribution in [0.5, 0.6) is 5.75 Å². The summed E-state index contributed by atoms with van der Waals surface area (Å²) in [4.78, 5) is 16.2. The maximum absolute atomic E-state index is 12.2. The monoisotopic (exact) mass is 391 g/mol. The zero-order chi connectivity index (χ0) is 15.2. The van der Waals surface area contributed by atoms with Crippen molar-refractivity contribution in [1.29, 1.82) is 0 Å². The van der Waals surface area contributed by atoms with Crippen LogP contribution in [-0.4, -0.2) is 62.6 Å². The first kappa shape index (κ1) is 19.2. The van der Waals surface area contributed by atoms with Gasteiger partial charge in [-0.25, -0.2) is 0 Å². The van der Waals surface area contributed by atoms with Gasteiger partial charge in [0, 0.05) is 42.8 Å². The van der Waals surface area contributed by atoms with E-state index in [-0.39, 0.29) is 18.3 Å². The predicted octanol–water partition coefficient (Wildman–Crippen LogP) is 1.74. The van der Waals surface area contributed by atoms with Crippen LogP contribution in [0.3, 0.4) is 0 Å². The molecule has 1 N–H and O–H groups in total. The minimum atomic E-state index is 0. The molecule has 0 spiro atoms. The summed E-state index contributed by atoms with van der Waals surface area (Å²) < 4.78 is 6.39. The third-order valence-corrected chi connectivity index (χ3v) is 4.05. The third kappa shape index (κ3) is 5.43. The predicted molar refractivity (Wildman–Crippen MR) is 93.7 cm³/mol. The number of amides is 1. The molecular weight excluding hydrogens is 370 g/mol. The average Bonchev–Trinajstić information content (AvgIpc) is 2.48. The summed E-state index contributed by atoms with van der Waals surface area (Å²) >= 11 is 3.47. The fourth-order valence-electron chi connectivity index (χ4n) is 2.46. The molecule has 0 aromatic heterocycles. The van der Waals surface area contributed by atoms with E-state index in [1.807, 2.05) is 35.0 Å². The van der Waals surface area contributed by atoms with Crippen molar-refractivity contribution in [3.63, 3.8) is 0 Å². The Hall–Kier alpha value is -0.820. The van der Waals surface area contributed by atoms with E-state index in [0.29, 0.717) is 13.1 Å². The summed E-state index contributed by atoms with van der Waals surface area (Å²) in [5.74, 6) is 1.03. The van der Waals surface area contributed by atoms with Gasteiger partial charge in [0.25, 0.3) is 0 Å². The first-order valence-corrected chi connectivity index (χ1v) is 7.89. The van der Waals surface area contributed by atoms with E-state index in [1.54, 1.807) is 7.11 Å². The number of benzene rings is 1. The number of rotatable bonds is 5. The van der Waals surface area contributed by atoms with Gasteiger partial charge >= 0.3 is 0 Å². The second-order valence-electron chi connectivity index (χ2n) is 5.26. The van der Waals surface area contributed by atoms with Gasteiger partial charge in [-0.3, -0.25) is 9.69 Å². The van der Waals surface area contributed by atoms with Crippen LogP contribution in [0.4, 0.5) is 0 Å². The SMILES string of the molecule is COc1ccc(Br)cc1CN(C)CC(=O)N1CCNCC1.Cl. The van der Waals surface area contributed by atoms with Crippen LogP contribution in [0.25, 0.3) is 0 Å². The van der Waals surface area contributed by atoms with Crippen LogP contribution in [0.1, 0.15) is 5.56 Å². The number of nitrogens with zero attached hydrogens (tertiary/aromatic N) is 2. The highest BCUT2D eigenvalue weighted by Gasteiger charge is 2.18. The van der Waals surface area contributed by atoms with Crippen molar-refractivity contribution >= 4 is 34.2 Å². The van der Waals surface area contributed by atoms with Gasteiger partial charge < -0.3 is 15.0 Å². The largest absolute Gasteiger partial charge is 0.496 e. The Kier molecular flexibility index (Phi) is 8.17. The maximum atomic E-state index is 12.2. The molecule has 5 nitrogen and oxygen atoms in total. The Labute approximate surface area is 146 Å². The standard InChI is InChI=1S/C15H22BrN3O2.ClH/c1-18(11-15(20)19-7-5-17-6-8-19)10-12-9-13(16)3-4-14(12)21-2;/h3-4,9,17H,5-8,10-11H2,1-2H3;1H. The number of hydrogen-bond acceptors (Lipinski definition) is 4. The molecular formula is C15H23BrClN3O2. The molecule has 0 bridgehead atoms. The quantitative estimate of drug-likeness (QED) is 0.829. The summed E-state index contributed by atoms with van der Waals surface area (Å²) in [6.07, 6.45) is 0. The van der Waals surface area contributed by atoms with E-state index >= 15 is 0 Å². The van der Waals surface area contributed by atoms with Crippen LogP contribution in [0.2, 0.25) is 0 Å². The molecule has 1 fully saturated rings. The van der Waals surface area contributed by atoms with Gasteiger partial charge in [0.2, 0.25) is 5.91 Å². The minimum Gasteiger partial charge on any atom is -0.496 e. The van der Waals surface area contributed by atoms with Crippen molar-refractivity contribution < 1.29 is 9.53 Å². The number of carbonyl (C=O) groups excluding carboxylic acids is 1. The summed E-state index contributed by atoms with van der Waals surface area (Å²) in [5.41, 5.74) is 1.07. The molecule has 0 unspecified atom stereocenters. The van der Waals surface area contributed by atoms with Gasteiger partial charge in [-0.1, -0.05) is 15.9 Å². The van der Waals surface area contributed by atoms with Gasteiger partial charge in [0.1, 0.15) is 5.75 Å². The highest BCUT2D eigenvalue weighted by Crippen LogP contribution is 2.24. The molecule has 1 aromatic rings. The molecule has 7 heteroatoms. The van der Waals surface area contributed by atoms with Gasteiger partial charge in [0.05, 0.1) is 13.7 Å². The van der Waals surface area contributed by atoms with Gasteiger partial charge in [-0.05, 0) is 25.2 Å². The molecule has 2 rings (SSSR count). The molecule has 1 aromatic carbocycles. The Balaban J connectivity index is 0.00000242. The lowest BCUT2D eigenvalue weighted by Crippen LogP contribution is -2.49. The first-order chi connectivity index (χ1) is 10.1. The molecule has 0 radical (unpaired) electrons. The smallest absolute Gasteiger partial charge is 0.236 e. The topological polar surface area (TPSA) is 44.8 Å². The molecule has 1 saturated heterocycles. The molecule has 0 aliphatic carbocycles. The zero-order valence-corrected chi connectivity index (χ0v) is 15.4. The van der Waals surface area contributed by atoms with Crippen LogP contribution in [-0.2, 0) is 11.3 Å². The molecule has 22 heavy (non-hydrogen) atoms. The normalized spacial score (nSPS) is 14.6. The van der Waals surface area contributed by atoms with Crippen molar-refractivity contribution in [2.24, 2.45) is 0 Å². The summed E-state index contributed by atoms with van der Waals surface area (Å²) in [6.45, 7) is 4.47. The van der Waals surface area contributed by atoms with E-state index in [1.165, 1.54) is 0 Å². The Morgan fingerprint density at radius 1 is 1.41 bits per heavy atom. The second kappa shape index (κ2) is 9.35. The molecule has 0 saturated carbocycles. The number of halogens is 2. The minimum absolute atomic E-state index is 0. The summed E-state index contributed by atoms with van der Waals surface area (Å²) in [6, 6.07) is 5.92. The van der Waals surface area contributed by atoms with Crippen LogP contribution in [0.15, 0.2) is 22.7 Å². The lowest BCUT2D eigenvalue weighted by atomic mass is 10.2. The van der Waals surface area contributed by atoms with Crippen LogP contribution < -0.4 is 10.1 Å². The number of piperazine rings is 1. The first-order valence-electron chi connectivity index (χ1n) is 7.09. The molecule has 1 aliphatic heterocycles. The van der Waals surface area contributed by atoms with Crippen molar-refractivity contribution in [2.75, 3.05) is 46.9 Å². The Morgan fingerprint density at radius 2 is 2.09 bits per heavy atom. The van der Waals surface area contributed by atoms with Gasteiger partial charge in [0.15, 0.2) is 0 Å². The number of carbonyl (C=O) groups is 1. The van der Waals surface area contributed by atoms with E-state index in [0.717, 1.165) is 42.0 Å². The van der Waals surface area contributed by atoms with Gasteiger partial charge in [-0.2, -0.15) is 0 Å². The van der Waals surface area contributed by atoms with Crippen molar-refractivity contribution in [3.8, 4) is 5.75 Å². The molecule has 0 atom stereocenters. The zero-order valence-electron chi connectivity index (χ0n) is 13.0. The number of nitrogens with one attached hydrogen (secondary N) is 1. The van der Waals surface area contributed by atoms with Gasteiger partial charge in [-0.15, -0.1) is 12.4 Å². The molecule has 1 heterocycles. The highest BCUT2D eigenvalue weighted by molar-refractivity contribution is 9.10. The number of likely N-dealkylation sites (N-methyl/N-ethyl adjacent to an activating group) is 1. The molecule has 124 valence electrons. The summed E-state index contributed by atoms with van der Waals surface area (Å²) in [5, 5.41) is 3.25. The van der Waals surface area contributed by atoms with Crippen LogP contribution in [0, 0.1) is 0 Å². The number of hydrogen-bond donors (Lipinski definition) is 1. The average molecular weight is 393 g/mol. The second-order valence-corrected chi connectivity index (χ2v) is 6.17. The van der Waals surface area contributed by atoms with E-state index in [4.69, 9.17) is 4.74 Å². The lowest BCUT2D eigenvalue weighted by Gasteiger charge is -2.29. The van der Waals surface area contributed by atoms with Crippen molar-refractivity contribution in [3.05, 3.63) is 28.2 Å². The summed E-state index contributed by atoms with van der Waals surface area (Å²) in [7, 11) is 3.62. The fourth-order valence-corrected chi connectivity index (χ4v) is 2.87. The molecule has 1 aliphatic rings. The Morgan fingerprint density at radius 3 is 2.73 bits per heavy atom. The Bertz CT molecular complexity index is 496. The van der Waals surface area contributed by atoms with Crippen molar-refractivity contribution in [1.82, 2.24) is 15.1 Å². The molecule has 1 amide bonds.